The quantitative estimate of drug-likeness (QED) is 0.566. The van der Waals surface area contributed by atoms with Crippen molar-refractivity contribution in [2.75, 3.05) is 11.9 Å². The number of benzene rings is 1. The summed E-state index contributed by atoms with van der Waals surface area (Å²) in [5.74, 6) is -1.05. The molecule has 1 N–H and O–H groups in total. The van der Waals surface area contributed by atoms with Crippen molar-refractivity contribution in [2.45, 2.75) is 0 Å². The first kappa shape index (κ1) is 18.4. The SMILES string of the molecule is O=C(COC(=O)/C=C/c1cccc(Br)c1)Nc1ncc(Cl)cc1Cl. The third kappa shape index (κ3) is 5.96. The molecule has 124 valence electrons. The number of rotatable bonds is 5. The van der Waals surface area contributed by atoms with Crippen LogP contribution in [0.25, 0.3) is 6.08 Å². The van der Waals surface area contributed by atoms with Gasteiger partial charge in [-0.15, -0.1) is 0 Å². The Morgan fingerprint density at radius 2 is 2.08 bits per heavy atom. The molecular formula is C16H11BrCl2N2O3. The highest BCUT2D eigenvalue weighted by atomic mass is 79.9. The molecule has 0 aliphatic rings. The first-order chi connectivity index (χ1) is 11.4. The second-order valence-corrected chi connectivity index (χ2v) is 6.29. The summed E-state index contributed by atoms with van der Waals surface area (Å²) in [5, 5.41) is 2.97. The molecule has 0 fully saturated rings. The Bertz CT molecular complexity index is 797. The van der Waals surface area contributed by atoms with Gasteiger partial charge in [-0.3, -0.25) is 4.79 Å². The fraction of sp³-hybridized carbons (Fsp3) is 0.0625. The molecule has 1 aromatic heterocycles. The Morgan fingerprint density at radius 1 is 1.29 bits per heavy atom. The van der Waals surface area contributed by atoms with Crippen LogP contribution in [0.4, 0.5) is 5.82 Å². The number of anilines is 1. The number of pyridine rings is 1. The number of nitrogens with zero attached hydrogens (tertiary/aromatic N) is 1. The summed E-state index contributed by atoms with van der Waals surface area (Å²) in [4.78, 5) is 27.2. The molecule has 0 unspecified atom stereocenters. The average molecular weight is 430 g/mol. The van der Waals surface area contributed by atoms with E-state index >= 15 is 0 Å². The number of aromatic nitrogens is 1. The van der Waals surface area contributed by atoms with Gasteiger partial charge in [-0.1, -0.05) is 51.3 Å². The van der Waals surface area contributed by atoms with Crippen molar-refractivity contribution in [3.8, 4) is 0 Å². The van der Waals surface area contributed by atoms with Gasteiger partial charge in [0.2, 0.25) is 0 Å². The van der Waals surface area contributed by atoms with E-state index < -0.39 is 18.5 Å². The zero-order chi connectivity index (χ0) is 17.5. The monoisotopic (exact) mass is 428 g/mol. The summed E-state index contributed by atoms with van der Waals surface area (Å²) in [5.41, 5.74) is 0.822. The number of ether oxygens (including phenoxy) is 1. The lowest BCUT2D eigenvalue weighted by Gasteiger charge is -2.06. The fourth-order valence-electron chi connectivity index (χ4n) is 1.63. The Hall–Kier alpha value is -1.89. The third-order valence-electron chi connectivity index (χ3n) is 2.67. The van der Waals surface area contributed by atoms with E-state index in [0.29, 0.717) is 5.02 Å². The van der Waals surface area contributed by atoms with E-state index in [0.717, 1.165) is 10.0 Å². The maximum absolute atomic E-state index is 11.7. The van der Waals surface area contributed by atoms with Crippen LogP contribution in [-0.4, -0.2) is 23.5 Å². The second kappa shape index (κ2) is 8.82. The normalized spacial score (nSPS) is 10.6. The summed E-state index contributed by atoms with van der Waals surface area (Å²) in [6.45, 7) is -0.456. The van der Waals surface area contributed by atoms with Crippen LogP contribution in [-0.2, 0) is 14.3 Å². The first-order valence-electron chi connectivity index (χ1n) is 6.65. The highest BCUT2D eigenvalue weighted by molar-refractivity contribution is 9.10. The Morgan fingerprint density at radius 3 is 2.79 bits per heavy atom. The van der Waals surface area contributed by atoms with Crippen molar-refractivity contribution in [3.63, 3.8) is 0 Å². The van der Waals surface area contributed by atoms with Crippen molar-refractivity contribution in [1.82, 2.24) is 4.98 Å². The number of halogens is 3. The van der Waals surface area contributed by atoms with E-state index in [1.165, 1.54) is 18.3 Å². The Balaban J connectivity index is 1.83. The number of carbonyl (C=O) groups is 2. The van der Waals surface area contributed by atoms with Crippen LogP contribution in [0.3, 0.4) is 0 Å². The van der Waals surface area contributed by atoms with E-state index in [1.807, 2.05) is 24.3 Å². The number of hydrogen-bond donors (Lipinski definition) is 1. The lowest BCUT2D eigenvalue weighted by molar-refractivity contribution is -0.142. The summed E-state index contributed by atoms with van der Waals surface area (Å²) in [7, 11) is 0. The molecule has 2 rings (SSSR count). The molecule has 0 atom stereocenters. The minimum absolute atomic E-state index is 0.145. The van der Waals surface area contributed by atoms with Gasteiger partial charge in [-0.25, -0.2) is 9.78 Å². The van der Waals surface area contributed by atoms with E-state index in [-0.39, 0.29) is 10.8 Å². The highest BCUT2D eigenvalue weighted by Gasteiger charge is 2.09. The first-order valence-corrected chi connectivity index (χ1v) is 8.20. The molecule has 0 aliphatic heterocycles. The zero-order valence-corrected chi connectivity index (χ0v) is 15.2. The lowest BCUT2D eigenvalue weighted by Crippen LogP contribution is -2.20. The van der Waals surface area contributed by atoms with Crippen LogP contribution in [0.15, 0.2) is 47.1 Å². The molecule has 1 aromatic carbocycles. The molecule has 2 aromatic rings. The smallest absolute Gasteiger partial charge is 0.331 e. The van der Waals surface area contributed by atoms with Crippen LogP contribution in [0.5, 0.6) is 0 Å². The van der Waals surface area contributed by atoms with Crippen molar-refractivity contribution in [1.29, 1.82) is 0 Å². The van der Waals surface area contributed by atoms with Crippen LogP contribution < -0.4 is 5.32 Å². The fourth-order valence-corrected chi connectivity index (χ4v) is 2.48. The number of carbonyl (C=O) groups excluding carboxylic acids is 2. The van der Waals surface area contributed by atoms with E-state index in [1.54, 1.807) is 6.08 Å². The molecule has 1 amide bonds. The number of nitrogens with one attached hydrogen (secondary N) is 1. The van der Waals surface area contributed by atoms with Gasteiger partial charge in [0.25, 0.3) is 5.91 Å². The van der Waals surface area contributed by atoms with Crippen molar-refractivity contribution in [2.24, 2.45) is 0 Å². The zero-order valence-electron chi connectivity index (χ0n) is 12.1. The maximum atomic E-state index is 11.7. The van der Waals surface area contributed by atoms with Crippen LogP contribution in [0.2, 0.25) is 10.0 Å². The molecule has 0 saturated carbocycles. The molecule has 1 heterocycles. The van der Waals surface area contributed by atoms with Crippen molar-refractivity contribution in [3.05, 3.63) is 62.7 Å². The van der Waals surface area contributed by atoms with Crippen LogP contribution in [0, 0.1) is 0 Å². The molecule has 0 bridgehead atoms. The van der Waals surface area contributed by atoms with Crippen LogP contribution in [0.1, 0.15) is 5.56 Å². The molecule has 8 heteroatoms. The summed E-state index contributed by atoms with van der Waals surface area (Å²) in [6.07, 6.45) is 4.17. The van der Waals surface area contributed by atoms with Crippen molar-refractivity contribution >= 4 is 62.9 Å². The Labute approximate surface area is 156 Å². The standard InChI is InChI=1S/C16H11BrCl2N2O3/c17-11-3-1-2-10(6-11)4-5-15(23)24-9-14(22)21-16-13(19)7-12(18)8-20-16/h1-8H,9H2,(H,20,21,22)/b5-4+. The van der Waals surface area contributed by atoms with Crippen molar-refractivity contribution < 1.29 is 14.3 Å². The third-order valence-corrected chi connectivity index (χ3v) is 3.66. The largest absolute Gasteiger partial charge is 0.452 e. The van der Waals surface area contributed by atoms with Gasteiger partial charge >= 0.3 is 5.97 Å². The number of esters is 1. The minimum Gasteiger partial charge on any atom is -0.452 e. The second-order valence-electron chi connectivity index (χ2n) is 4.53. The molecule has 24 heavy (non-hydrogen) atoms. The molecular weight excluding hydrogens is 419 g/mol. The Kier molecular flexibility index (Phi) is 6.78. The minimum atomic E-state index is -0.639. The summed E-state index contributed by atoms with van der Waals surface area (Å²) < 4.78 is 5.74. The van der Waals surface area contributed by atoms with E-state index in [2.05, 4.69) is 26.2 Å². The molecule has 0 spiro atoms. The van der Waals surface area contributed by atoms with E-state index in [9.17, 15) is 9.59 Å². The van der Waals surface area contributed by atoms with E-state index in [4.69, 9.17) is 27.9 Å². The van der Waals surface area contributed by atoms with Gasteiger partial charge < -0.3 is 10.1 Å². The maximum Gasteiger partial charge on any atom is 0.331 e. The highest BCUT2D eigenvalue weighted by Crippen LogP contribution is 2.22. The number of amides is 1. The van der Waals surface area contributed by atoms with Gasteiger partial charge in [-0.05, 0) is 29.8 Å². The molecule has 5 nitrogen and oxygen atoms in total. The molecule has 0 radical (unpaired) electrons. The lowest BCUT2D eigenvalue weighted by atomic mass is 10.2. The average Bonchev–Trinajstić information content (AvgIpc) is 2.54. The predicted octanol–water partition coefficient (Wildman–Crippen LogP) is 4.35. The van der Waals surface area contributed by atoms with Gasteiger partial charge in [-0.2, -0.15) is 0 Å². The topological polar surface area (TPSA) is 68.3 Å². The van der Waals surface area contributed by atoms with Gasteiger partial charge in [0, 0.05) is 16.7 Å². The van der Waals surface area contributed by atoms with Gasteiger partial charge in [0.15, 0.2) is 12.4 Å². The van der Waals surface area contributed by atoms with Gasteiger partial charge in [0.05, 0.1) is 10.0 Å². The summed E-state index contributed by atoms with van der Waals surface area (Å²) >= 11 is 14.9. The van der Waals surface area contributed by atoms with Gasteiger partial charge in [0.1, 0.15) is 0 Å². The number of hydrogen-bond acceptors (Lipinski definition) is 4. The molecule has 0 saturated heterocycles. The van der Waals surface area contributed by atoms with Crippen LogP contribution >= 0.6 is 39.1 Å². The molecule has 0 aliphatic carbocycles. The predicted molar refractivity (Wildman–Crippen MR) is 97.0 cm³/mol. The summed E-state index contributed by atoms with van der Waals surface area (Å²) in [6, 6.07) is 8.82.